The average molecular weight is 277 g/mol. The number of anilines is 2. The predicted molar refractivity (Wildman–Crippen MR) is 72.1 cm³/mol. The van der Waals surface area contributed by atoms with Crippen molar-refractivity contribution in [2.24, 2.45) is 5.73 Å². The summed E-state index contributed by atoms with van der Waals surface area (Å²) in [6.45, 7) is 1.09. The number of amides is 3. The molecule has 0 radical (unpaired) electrons. The van der Waals surface area contributed by atoms with E-state index in [1.807, 2.05) is 0 Å². The lowest BCUT2D eigenvalue weighted by molar-refractivity contribution is -0.126. The summed E-state index contributed by atoms with van der Waals surface area (Å²) in [5.41, 5.74) is 6.21. The van der Waals surface area contributed by atoms with Crippen molar-refractivity contribution < 1.29 is 19.1 Å². The van der Waals surface area contributed by atoms with E-state index >= 15 is 0 Å². The lowest BCUT2D eigenvalue weighted by Gasteiger charge is -2.26. The fourth-order valence-electron chi connectivity index (χ4n) is 1.88. The Labute approximate surface area is 115 Å². The van der Waals surface area contributed by atoms with Crippen LogP contribution in [0.2, 0.25) is 0 Å². The Morgan fingerprint density at radius 1 is 1.30 bits per heavy atom. The van der Waals surface area contributed by atoms with Crippen LogP contribution < -0.4 is 16.0 Å². The van der Waals surface area contributed by atoms with Crippen molar-refractivity contribution in [2.45, 2.75) is 6.42 Å². The zero-order valence-corrected chi connectivity index (χ0v) is 10.8. The third-order valence-electron chi connectivity index (χ3n) is 2.78. The Hall–Kier alpha value is -2.41. The molecule has 1 saturated heterocycles. The minimum absolute atomic E-state index is 0.0805. The third-order valence-corrected chi connectivity index (χ3v) is 2.78. The summed E-state index contributed by atoms with van der Waals surface area (Å²) >= 11 is 0. The van der Waals surface area contributed by atoms with E-state index in [1.165, 1.54) is 0 Å². The van der Waals surface area contributed by atoms with Gasteiger partial charge in [0.25, 0.3) is 5.91 Å². The van der Waals surface area contributed by atoms with Crippen LogP contribution in [0.5, 0.6) is 0 Å². The first-order valence-corrected chi connectivity index (χ1v) is 6.12. The number of benzene rings is 1. The number of carbonyl (C=O) groups excluding carboxylic acids is 3. The Balaban J connectivity index is 2.00. The normalized spacial score (nSPS) is 15.0. The quantitative estimate of drug-likeness (QED) is 0.748. The molecule has 20 heavy (non-hydrogen) atoms. The first kappa shape index (κ1) is 14.0. The van der Waals surface area contributed by atoms with Crippen molar-refractivity contribution >= 4 is 29.1 Å². The van der Waals surface area contributed by atoms with E-state index < -0.39 is 11.8 Å². The van der Waals surface area contributed by atoms with Gasteiger partial charge in [0.15, 0.2) is 0 Å². The van der Waals surface area contributed by atoms with Gasteiger partial charge in [-0.3, -0.25) is 14.4 Å². The topological polar surface area (TPSA) is 102 Å². The maximum atomic E-state index is 11.7. The van der Waals surface area contributed by atoms with Crippen molar-refractivity contribution in [3.63, 3.8) is 0 Å². The van der Waals surface area contributed by atoms with Crippen LogP contribution in [0.1, 0.15) is 6.42 Å². The standard InChI is InChI=1S/C13H15N3O4/c14-11(17)7-12(18)15-9-1-3-10(4-2-9)16-5-6-20-8-13(16)19/h1-4H,5-8H2,(H2,14,17)(H,15,18). The van der Waals surface area contributed by atoms with E-state index in [4.69, 9.17) is 10.5 Å². The van der Waals surface area contributed by atoms with E-state index in [0.29, 0.717) is 18.8 Å². The van der Waals surface area contributed by atoms with Crippen molar-refractivity contribution in [1.29, 1.82) is 0 Å². The molecule has 0 aliphatic carbocycles. The molecule has 0 aromatic heterocycles. The molecule has 1 fully saturated rings. The van der Waals surface area contributed by atoms with Crippen LogP contribution in [-0.4, -0.2) is 37.5 Å². The monoisotopic (exact) mass is 277 g/mol. The molecule has 0 bridgehead atoms. The van der Waals surface area contributed by atoms with Crippen LogP contribution in [-0.2, 0) is 19.1 Å². The number of rotatable bonds is 4. The van der Waals surface area contributed by atoms with Gasteiger partial charge < -0.3 is 20.7 Å². The smallest absolute Gasteiger partial charge is 0.253 e. The van der Waals surface area contributed by atoms with Gasteiger partial charge in [-0.1, -0.05) is 0 Å². The molecule has 7 nitrogen and oxygen atoms in total. The number of nitrogens with one attached hydrogen (secondary N) is 1. The maximum Gasteiger partial charge on any atom is 0.253 e. The van der Waals surface area contributed by atoms with Gasteiger partial charge >= 0.3 is 0 Å². The summed E-state index contributed by atoms with van der Waals surface area (Å²) in [4.78, 5) is 35.3. The zero-order chi connectivity index (χ0) is 14.5. The number of carbonyl (C=O) groups is 3. The van der Waals surface area contributed by atoms with Gasteiger partial charge in [0.05, 0.1) is 6.61 Å². The number of nitrogens with zero attached hydrogens (tertiary/aromatic N) is 1. The molecule has 0 saturated carbocycles. The highest BCUT2D eigenvalue weighted by molar-refractivity contribution is 6.03. The molecule has 3 amide bonds. The van der Waals surface area contributed by atoms with Gasteiger partial charge in [-0.2, -0.15) is 0 Å². The highest BCUT2D eigenvalue weighted by Crippen LogP contribution is 2.19. The Morgan fingerprint density at radius 2 is 2.00 bits per heavy atom. The molecule has 1 heterocycles. The van der Waals surface area contributed by atoms with E-state index in [1.54, 1.807) is 29.2 Å². The highest BCUT2D eigenvalue weighted by Gasteiger charge is 2.19. The molecule has 3 N–H and O–H groups in total. The van der Waals surface area contributed by atoms with Crippen molar-refractivity contribution in [1.82, 2.24) is 0 Å². The van der Waals surface area contributed by atoms with Crippen LogP contribution in [0, 0.1) is 0 Å². The lowest BCUT2D eigenvalue weighted by Crippen LogP contribution is -2.41. The average Bonchev–Trinajstić information content (AvgIpc) is 2.39. The molecule has 1 aliphatic rings. The Morgan fingerprint density at radius 3 is 2.60 bits per heavy atom. The molecule has 1 aromatic carbocycles. The first-order chi connectivity index (χ1) is 9.56. The number of nitrogens with two attached hydrogens (primary N) is 1. The van der Waals surface area contributed by atoms with Gasteiger partial charge in [-0.25, -0.2) is 0 Å². The van der Waals surface area contributed by atoms with Crippen LogP contribution in [0.4, 0.5) is 11.4 Å². The second kappa shape index (κ2) is 6.16. The predicted octanol–water partition coefficient (Wildman–Crippen LogP) is -0.136. The summed E-state index contributed by atoms with van der Waals surface area (Å²) in [5, 5.41) is 2.55. The SMILES string of the molecule is NC(=O)CC(=O)Nc1ccc(N2CCOCC2=O)cc1. The molecule has 2 rings (SSSR count). The number of primary amides is 1. The highest BCUT2D eigenvalue weighted by atomic mass is 16.5. The summed E-state index contributed by atoms with van der Waals surface area (Å²) in [6.07, 6.45) is -0.357. The molecular weight excluding hydrogens is 262 g/mol. The van der Waals surface area contributed by atoms with Crippen LogP contribution in [0.15, 0.2) is 24.3 Å². The summed E-state index contributed by atoms with van der Waals surface area (Å²) < 4.78 is 5.05. The Kier molecular flexibility index (Phi) is 4.31. The number of hydrogen-bond acceptors (Lipinski definition) is 4. The van der Waals surface area contributed by atoms with Crippen molar-refractivity contribution in [2.75, 3.05) is 30.0 Å². The van der Waals surface area contributed by atoms with Gasteiger partial charge in [0.1, 0.15) is 13.0 Å². The van der Waals surface area contributed by atoms with Crippen molar-refractivity contribution in [3.05, 3.63) is 24.3 Å². The molecule has 1 aliphatic heterocycles. The summed E-state index contributed by atoms with van der Waals surface area (Å²) in [7, 11) is 0. The van der Waals surface area contributed by atoms with Gasteiger partial charge in [-0.15, -0.1) is 0 Å². The third kappa shape index (κ3) is 3.55. The van der Waals surface area contributed by atoms with E-state index in [-0.39, 0.29) is 18.9 Å². The van der Waals surface area contributed by atoms with Gasteiger partial charge in [-0.05, 0) is 24.3 Å². The summed E-state index contributed by atoms with van der Waals surface area (Å²) in [5.74, 6) is -1.24. The van der Waals surface area contributed by atoms with Crippen LogP contribution in [0.3, 0.4) is 0 Å². The molecule has 1 aromatic rings. The number of morpholine rings is 1. The minimum Gasteiger partial charge on any atom is -0.370 e. The molecule has 0 unspecified atom stereocenters. The van der Waals surface area contributed by atoms with Crippen LogP contribution in [0.25, 0.3) is 0 Å². The van der Waals surface area contributed by atoms with Crippen molar-refractivity contribution in [3.8, 4) is 0 Å². The Bertz CT molecular complexity index is 527. The second-order valence-corrected chi connectivity index (χ2v) is 4.34. The van der Waals surface area contributed by atoms with E-state index in [0.717, 1.165) is 5.69 Å². The maximum absolute atomic E-state index is 11.7. The zero-order valence-electron chi connectivity index (χ0n) is 10.8. The molecule has 7 heteroatoms. The van der Waals surface area contributed by atoms with Gasteiger partial charge in [0.2, 0.25) is 11.8 Å². The summed E-state index contributed by atoms with van der Waals surface area (Å²) in [6, 6.07) is 6.78. The molecule has 0 spiro atoms. The molecule has 0 atom stereocenters. The fraction of sp³-hybridized carbons (Fsp3) is 0.308. The first-order valence-electron chi connectivity index (χ1n) is 6.12. The van der Waals surface area contributed by atoms with Crippen LogP contribution >= 0.6 is 0 Å². The number of ether oxygens (including phenoxy) is 1. The van der Waals surface area contributed by atoms with E-state index in [2.05, 4.69) is 5.32 Å². The van der Waals surface area contributed by atoms with Gasteiger partial charge in [0, 0.05) is 17.9 Å². The fourth-order valence-corrected chi connectivity index (χ4v) is 1.88. The molecular formula is C13H15N3O4. The molecule has 106 valence electrons. The van der Waals surface area contributed by atoms with E-state index in [9.17, 15) is 14.4 Å². The minimum atomic E-state index is -0.682. The lowest BCUT2D eigenvalue weighted by atomic mass is 10.2. The second-order valence-electron chi connectivity index (χ2n) is 4.34. The number of hydrogen-bond donors (Lipinski definition) is 2. The largest absolute Gasteiger partial charge is 0.370 e.